The molecular weight excluding hydrogens is 502 g/mol. The first kappa shape index (κ1) is 26.1. The minimum Gasteiger partial charge on any atom is -0.490 e. The fourth-order valence-corrected chi connectivity index (χ4v) is 5.57. The van der Waals surface area contributed by atoms with Gasteiger partial charge in [-0.2, -0.15) is 0 Å². The summed E-state index contributed by atoms with van der Waals surface area (Å²) in [6, 6.07) is 6.15. The number of aromatic nitrogens is 1. The molecule has 0 saturated carbocycles. The van der Waals surface area contributed by atoms with E-state index in [1.807, 2.05) is 12.1 Å². The van der Waals surface area contributed by atoms with Crippen LogP contribution in [0.3, 0.4) is 0 Å². The Labute approximate surface area is 217 Å². The highest BCUT2D eigenvalue weighted by atomic mass is 32.2. The summed E-state index contributed by atoms with van der Waals surface area (Å²) in [5, 5.41) is 0. The number of fused-ring (bicyclic) bond motifs is 1. The number of rotatable bonds is 11. The number of nitrogens with one attached hydrogen (secondary N) is 1. The Hall–Kier alpha value is -2.48. The molecule has 11 nitrogen and oxygen atoms in total. The molecule has 2 saturated heterocycles. The molecular formula is C25H33N3O8S. The van der Waals surface area contributed by atoms with E-state index in [9.17, 15) is 8.42 Å². The molecule has 2 fully saturated rings. The molecule has 0 aliphatic carbocycles. The SMILES string of the molecule is COCCS(=O)(=O)Nc1cc(-c2cc3c(c(OCC4CN(C5COC5)CCO4)c2)COC3)cnc1OC. The number of sulfonamides is 1. The average Bonchev–Trinajstić information content (AvgIpc) is 3.34. The van der Waals surface area contributed by atoms with Crippen molar-refractivity contribution in [3.8, 4) is 22.8 Å². The molecule has 12 heteroatoms. The summed E-state index contributed by atoms with van der Waals surface area (Å²) in [4.78, 5) is 6.74. The van der Waals surface area contributed by atoms with Crippen molar-refractivity contribution in [2.75, 3.05) is 70.8 Å². The van der Waals surface area contributed by atoms with Crippen molar-refractivity contribution in [1.82, 2.24) is 9.88 Å². The van der Waals surface area contributed by atoms with Crippen LogP contribution in [0.15, 0.2) is 24.4 Å². The van der Waals surface area contributed by atoms with Crippen LogP contribution in [0.5, 0.6) is 11.6 Å². The van der Waals surface area contributed by atoms with Crippen LogP contribution in [0.1, 0.15) is 11.1 Å². The van der Waals surface area contributed by atoms with E-state index >= 15 is 0 Å². The third kappa shape index (κ3) is 6.16. The van der Waals surface area contributed by atoms with Crippen molar-refractivity contribution < 1.29 is 36.8 Å². The van der Waals surface area contributed by atoms with Gasteiger partial charge in [-0.25, -0.2) is 13.4 Å². The van der Waals surface area contributed by atoms with E-state index in [0.29, 0.717) is 32.5 Å². The molecule has 0 spiro atoms. The number of pyridine rings is 1. The van der Waals surface area contributed by atoms with Gasteiger partial charge in [-0.15, -0.1) is 0 Å². The number of anilines is 1. The molecule has 1 N–H and O–H groups in total. The number of methoxy groups -OCH3 is 2. The van der Waals surface area contributed by atoms with E-state index in [1.54, 1.807) is 12.3 Å². The topological polar surface area (TPSA) is 118 Å². The Balaban J connectivity index is 1.36. The summed E-state index contributed by atoms with van der Waals surface area (Å²) in [6.45, 7) is 5.40. The summed E-state index contributed by atoms with van der Waals surface area (Å²) >= 11 is 0. The average molecular weight is 536 g/mol. The Kier molecular flexibility index (Phi) is 8.12. The molecule has 3 aliphatic heterocycles. The van der Waals surface area contributed by atoms with Crippen LogP contribution in [0.4, 0.5) is 5.69 Å². The van der Waals surface area contributed by atoms with Gasteiger partial charge >= 0.3 is 0 Å². The molecule has 1 atom stereocenters. The van der Waals surface area contributed by atoms with E-state index in [0.717, 1.165) is 54.3 Å². The van der Waals surface area contributed by atoms with Gasteiger partial charge in [0.1, 0.15) is 24.1 Å². The van der Waals surface area contributed by atoms with Crippen LogP contribution in [-0.4, -0.2) is 96.5 Å². The zero-order chi connectivity index (χ0) is 25.8. The molecule has 0 amide bonds. The zero-order valence-corrected chi connectivity index (χ0v) is 21.9. The van der Waals surface area contributed by atoms with Crippen molar-refractivity contribution >= 4 is 15.7 Å². The predicted molar refractivity (Wildman–Crippen MR) is 135 cm³/mol. The van der Waals surface area contributed by atoms with E-state index in [2.05, 4.69) is 14.6 Å². The molecule has 4 heterocycles. The monoisotopic (exact) mass is 535 g/mol. The van der Waals surface area contributed by atoms with E-state index < -0.39 is 10.0 Å². The smallest absolute Gasteiger partial charge is 0.238 e. The molecule has 1 aromatic carbocycles. The number of morpholine rings is 1. The number of benzene rings is 1. The molecule has 3 aliphatic rings. The Morgan fingerprint density at radius 3 is 2.76 bits per heavy atom. The van der Waals surface area contributed by atoms with Crippen LogP contribution in [-0.2, 0) is 42.2 Å². The number of hydrogen-bond donors (Lipinski definition) is 1. The van der Waals surface area contributed by atoms with E-state index in [1.165, 1.54) is 14.2 Å². The third-order valence-corrected chi connectivity index (χ3v) is 7.97. The van der Waals surface area contributed by atoms with Gasteiger partial charge in [0.15, 0.2) is 0 Å². The van der Waals surface area contributed by atoms with Gasteiger partial charge in [-0.1, -0.05) is 0 Å². The fourth-order valence-electron chi connectivity index (χ4n) is 4.60. The summed E-state index contributed by atoms with van der Waals surface area (Å²) in [5.74, 6) is 0.733. The molecule has 0 bridgehead atoms. The lowest BCUT2D eigenvalue weighted by molar-refractivity contribution is -0.119. The van der Waals surface area contributed by atoms with E-state index in [4.69, 9.17) is 28.4 Å². The number of hydrogen-bond acceptors (Lipinski definition) is 10. The van der Waals surface area contributed by atoms with Gasteiger partial charge in [0.05, 0.1) is 58.5 Å². The van der Waals surface area contributed by atoms with Gasteiger partial charge in [0, 0.05) is 37.5 Å². The lowest BCUT2D eigenvalue weighted by Crippen LogP contribution is -2.56. The Bertz CT molecular complexity index is 1200. The normalized spacial score (nSPS) is 20.3. The molecule has 1 aromatic heterocycles. The lowest BCUT2D eigenvalue weighted by Gasteiger charge is -2.41. The van der Waals surface area contributed by atoms with Crippen LogP contribution >= 0.6 is 0 Å². The maximum Gasteiger partial charge on any atom is 0.238 e. The van der Waals surface area contributed by atoms with Gasteiger partial charge in [0.25, 0.3) is 0 Å². The molecule has 5 rings (SSSR count). The number of nitrogens with zero attached hydrogens (tertiary/aromatic N) is 2. The van der Waals surface area contributed by atoms with Crippen LogP contribution in [0.25, 0.3) is 11.1 Å². The summed E-state index contributed by atoms with van der Waals surface area (Å²) < 4.78 is 61.0. The second kappa shape index (κ2) is 11.5. The third-order valence-electron chi connectivity index (χ3n) is 6.74. The highest BCUT2D eigenvalue weighted by Crippen LogP contribution is 2.37. The van der Waals surface area contributed by atoms with Gasteiger partial charge in [0.2, 0.25) is 15.9 Å². The van der Waals surface area contributed by atoms with Crippen LogP contribution in [0.2, 0.25) is 0 Å². The molecule has 1 unspecified atom stereocenters. The first-order valence-corrected chi connectivity index (χ1v) is 13.9. The van der Waals surface area contributed by atoms with Crippen molar-refractivity contribution in [2.24, 2.45) is 0 Å². The van der Waals surface area contributed by atoms with Gasteiger partial charge in [-0.3, -0.25) is 9.62 Å². The maximum atomic E-state index is 12.5. The van der Waals surface area contributed by atoms with Crippen LogP contribution in [0, 0.1) is 0 Å². The predicted octanol–water partition coefficient (Wildman–Crippen LogP) is 1.65. The fraction of sp³-hybridized carbons (Fsp3) is 0.560. The molecule has 2 aromatic rings. The first-order valence-electron chi connectivity index (χ1n) is 12.3. The molecule has 0 radical (unpaired) electrons. The highest BCUT2D eigenvalue weighted by Gasteiger charge is 2.31. The Morgan fingerprint density at radius 2 is 2.00 bits per heavy atom. The highest BCUT2D eigenvalue weighted by molar-refractivity contribution is 7.92. The Morgan fingerprint density at radius 1 is 1.14 bits per heavy atom. The minimum atomic E-state index is -3.64. The lowest BCUT2D eigenvalue weighted by atomic mass is 10.0. The van der Waals surface area contributed by atoms with Crippen molar-refractivity contribution in [3.05, 3.63) is 35.5 Å². The largest absolute Gasteiger partial charge is 0.490 e. The number of ether oxygens (including phenoxy) is 6. The minimum absolute atomic E-state index is 0.0354. The maximum absolute atomic E-state index is 12.5. The summed E-state index contributed by atoms with van der Waals surface area (Å²) in [7, 11) is -0.743. The van der Waals surface area contributed by atoms with Gasteiger partial charge in [-0.05, 0) is 29.3 Å². The quantitative estimate of drug-likeness (QED) is 0.455. The second-order valence-corrected chi connectivity index (χ2v) is 11.1. The van der Waals surface area contributed by atoms with Gasteiger partial charge < -0.3 is 28.4 Å². The summed E-state index contributed by atoms with van der Waals surface area (Å²) in [6.07, 6.45) is 1.61. The standard InChI is InChI=1S/C25H33N3O8S/c1-31-5-6-37(29,30)27-23-8-18(10-26-25(23)32-2)17-7-19-12-33-16-22(19)24(9-17)36-15-21-11-28(3-4-35-21)20-13-34-14-20/h7-10,20-21,27H,3-6,11-16H2,1-2H3. The van der Waals surface area contributed by atoms with E-state index in [-0.39, 0.29) is 30.0 Å². The van der Waals surface area contributed by atoms with Crippen molar-refractivity contribution in [2.45, 2.75) is 25.4 Å². The molecule has 37 heavy (non-hydrogen) atoms. The second-order valence-electron chi connectivity index (χ2n) is 9.29. The molecule has 202 valence electrons. The first-order chi connectivity index (χ1) is 18.0. The zero-order valence-electron chi connectivity index (χ0n) is 21.1. The van der Waals surface area contributed by atoms with Crippen LogP contribution < -0.4 is 14.2 Å². The summed E-state index contributed by atoms with van der Waals surface area (Å²) in [5.41, 5.74) is 3.86. The van der Waals surface area contributed by atoms with Crippen molar-refractivity contribution in [3.63, 3.8) is 0 Å². The van der Waals surface area contributed by atoms with Crippen molar-refractivity contribution in [1.29, 1.82) is 0 Å².